The Morgan fingerprint density at radius 1 is 1.15 bits per heavy atom. The van der Waals surface area contributed by atoms with Crippen LogP contribution in [0.2, 0.25) is 0 Å². The number of nitrogens with zero attached hydrogens (tertiary/aromatic N) is 1. The highest BCUT2D eigenvalue weighted by atomic mass is 127. The molecule has 1 aliphatic heterocycles. The number of fused-ring (bicyclic) bond motifs is 1. The zero-order valence-electron chi connectivity index (χ0n) is 14.5. The first-order chi connectivity index (χ1) is 12.2. The molecule has 0 bridgehead atoms. The molecule has 0 radical (unpaired) electrons. The number of nitrogens with one attached hydrogen (secondary N) is 2. The summed E-state index contributed by atoms with van der Waals surface area (Å²) in [6.45, 7) is 1.53. The van der Waals surface area contributed by atoms with Gasteiger partial charge in [0.2, 0.25) is 6.79 Å². The standard InChI is InChI=1S/C18H20BrN3O3.HI/c1-20-18(21-9-12-4-3-5-14(6-12)23-2)22-10-13-7-15(19)17-16(8-13)24-11-25-17;/h3-8H,9-11H2,1-2H3,(H2,20,21,22);1H. The van der Waals surface area contributed by atoms with Crippen LogP contribution in [0.1, 0.15) is 11.1 Å². The molecule has 2 aromatic carbocycles. The number of methoxy groups -OCH3 is 1. The first-order valence-electron chi connectivity index (χ1n) is 7.85. The van der Waals surface area contributed by atoms with E-state index in [2.05, 4.69) is 31.6 Å². The van der Waals surface area contributed by atoms with Gasteiger partial charge in [0, 0.05) is 20.1 Å². The highest BCUT2D eigenvalue weighted by Crippen LogP contribution is 2.39. The fourth-order valence-electron chi connectivity index (χ4n) is 2.50. The molecule has 140 valence electrons. The van der Waals surface area contributed by atoms with Crippen molar-refractivity contribution in [3.05, 3.63) is 52.0 Å². The Kier molecular flexibility index (Phi) is 7.83. The molecule has 0 saturated heterocycles. The van der Waals surface area contributed by atoms with Crippen molar-refractivity contribution in [3.8, 4) is 17.2 Å². The SMILES string of the molecule is CN=C(NCc1cccc(OC)c1)NCc1cc(Br)c2c(c1)OCO2.I. The minimum atomic E-state index is 0. The third-order valence-corrected chi connectivity index (χ3v) is 4.35. The first-order valence-corrected chi connectivity index (χ1v) is 8.64. The van der Waals surface area contributed by atoms with Gasteiger partial charge < -0.3 is 24.8 Å². The van der Waals surface area contributed by atoms with Gasteiger partial charge in [0.05, 0.1) is 11.6 Å². The number of hydrogen-bond acceptors (Lipinski definition) is 4. The van der Waals surface area contributed by atoms with E-state index >= 15 is 0 Å². The van der Waals surface area contributed by atoms with E-state index in [1.165, 1.54) is 0 Å². The molecular weight excluding hydrogens is 513 g/mol. The molecule has 0 atom stereocenters. The number of ether oxygens (including phenoxy) is 3. The smallest absolute Gasteiger partial charge is 0.231 e. The number of benzene rings is 2. The molecule has 8 heteroatoms. The van der Waals surface area contributed by atoms with Crippen molar-refractivity contribution >= 4 is 45.9 Å². The van der Waals surface area contributed by atoms with Crippen LogP contribution in [-0.2, 0) is 13.1 Å². The molecule has 0 fully saturated rings. The monoisotopic (exact) mass is 533 g/mol. The molecule has 0 spiro atoms. The van der Waals surface area contributed by atoms with Crippen LogP contribution in [0.4, 0.5) is 0 Å². The highest BCUT2D eigenvalue weighted by molar-refractivity contribution is 14.0. The van der Waals surface area contributed by atoms with Crippen LogP contribution in [0.25, 0.3) is 0 Å². The summed E-state index contributed by atoms with van der Waals surface area (Å²) in [5, 5.41) is 6.58. The Bertz CT molecular complexity index is 786. The van der Waals surface area contributed by atoms with Crippen molar-refractivity contribution in [3.63, 3.8) is 0 Å². The van der Waals surface area contributed by atoms with Gasteiger partial charge >= 0.3 is 0 Å². The van der Waals surface area contributed by atoms with Crippen LogP contribution in [0.3, 0.4) is 0 Å². The Hall–Kier alpha value is -1.68. The first kappa shape index (κ1) is 20.6. The molecule has 6 nitrogen and oxygen atoms in total. The summed E-state index contributed by atoms with van der Waals surface area (Å²) >= 11 is 3.51. The van der Waals surface area contributed by atoms with Crippen molar-refractivity contribution in [1.82, 2.24) is 10.6 Å². The predicted molar refractivity (Wildman–Crippen MR) is 116 cm³/mol. The number of hydrogen-bond donors (Lipinski definition) is 2. The molecule has 0 aromatic heterocycles. The van der Waals surface area contributed by atoms with Gasteiger partial charge in [-0.1, -0.05) is 12.1 Å². The molecule has 26 heavy (non-hydrogen) atoms. The second-order valence-corrected chi connectivity index (χ2v) is 6.30. The maximum absolute atomic E-state index is 5.44. The molecule has 0 aliphatic carbocycles. The molecular formula is C18H21BrIN3O3. The lowest BCUT2D eigenvalue weighted by Gasteiger charge is -2.13. The number of rotatable bonds is 5. The number of halogens is 2. The number of aliphatic imine (C=N–C) groups is 1. The maximum Gasteiger partial charge on any atom is 0.231 e. The zero-order chi connectivity index (χ0) is 17.6. The average Bonchev–Trinajstić information content (AvgIpc) is 3.11. The van der Waals surface area contributed by atoms with E-state index in [0.717, 1.165) is 38.8 Å². The van der Waals surface area contributed by atoms with Crippen LogP contribution in [0.5, 0.6) is 17.2 Å². The molecule has 3 rings (SSSR count). The summed E-state index contributed by atoms with van der Waals surface area (Å²) in [5.74, 6) is 3.07. The van der Waals surface area contributed by atoms with Crippen LogP contribution >= 0.6 is 39.9 Å². The van der Waals surface area contributed by atoms with Gasteiger partial charge in [-0.3, -0.25) is 4.99 Å². The largest absolute Gasteiger partial charge is 0.497 e. The molecule has 0 saturated carbocycles. The van der Waals surface area contributed by atoms with Crippen molar-refractivity contribution in [2.75, 3.05) is 21.0 Å². The summed E-state index contributed by atoms with van der Waals surface area (Å²) in [4.78, 5) is 4.25. The van der Waals surface area contributed by atoms with Crippen LogP contribution in [-0.4, -0.2) is 26.9 Å². The van der Waals surface area contributed by atoms with Crippen molar-refractivity contribution < 1.29 is 14.2 Å². The lowest BCUT2D eigenvalue weighted by Crippen LogP contribution is -2.36. The van der Waals surface area contributed by atoms with Crippen molar-refractivity contribution in [1.29, 1.82) is 0 Å². The topological polar surface area (TPSA) is 64.1 Å². The van der Waals surface area contributed by atoms with Gasteiger partial charge in [0.25, 0.3) is 0 Å². The normalized spacial score (nSPS) is 12.3. The van der Waals surface area contributed by atoms with E-state index in [4.69, 9.17) is 14.2 Å². The number of guanidine groups is 1. The second kappa shape index (κ2) is 9.86. The Balaban J connectivity index is 0.00000243. The van der Waals surface area contributed by atoms with Crippen molar-refractivity contribution in [2.24, 2.45) is 4.99 Å². The van der Waals surface area contributed by atoms with Crippen LogP contribution < -0.4 is 24.8 Å². The maximum atomic E-state index is 5.44. The Labute approximate surface area is 178 Å². The lowest BCUT2D eigenvalue weighted by molar-refractivity contribution is 0.173. The minimum Gasteiger partial charge on any atom is -0.497 e. The van der Waals surface area contributed by atoms with E-state index in [9.17, 15) is 0 Å². The van der Waals surface area contributed by atoms with Crippen molar-refractivity contribution in [2.45, 2.75) is 13.1 Å². The van der Waals surface area contributed by atoms with E-state index in [0.29, 0.717) is 13.1 Å². The third-order valence-electron chi connectivity index (χ3n) is 3.76. The van der Waals surface area contributed by atoms with Gasteiger partial charge in [-0.2, -0.15) is 0 Å². The van der Waals surface area contributed by atoms with E-state index in [1.54, 1.807) is 14.2 Å². The summed E-state index contributed by atoms with van der Waals surface area (Å²) < 4.78 is 17.0. The van der Waals surface area contributed by atoms with Crippen LogP contribution in [0.15, 0.2) is 45.9 Å². The third kappa shape index (κ3) is 5.16. The highest BCUT2D eigenvalue weighted by Gasteiger charge is 2.17. The summed E-state index contributed by atoms with van der Waals surface area (Å²) in [5.41, 5.74) is 2.19. The lowest BCUT2D eigenvalue weighted by atomic mass is 10.2. The molecule has 0 unspecified atom stereocenters. The van der Waals surface area contributed by atoms with E-state index in [-0.39, 0.29) is 30.8 Å². The fraction of sp³-hybridized carbons (Fsp3) is 0.278. The molecule has 1 heterocycles. The summed E-state index contributed by atoms with van der Waals surface area (Å²) in [7, 11) is 3.41. The summed E-state index contributed by atoms with van der Waals surface area (Å²) in [6.07, 6.45) is 0. The molecule has 2 N–H and O–H groups in total. The van der Waals surface area contributed by atoms with Gasteiger partial charge in [-0.05, 0) is 51.3 Å². The van der Waals surface area contributed by atoms with E-state index in [1.807, 2.05) is 36.4 Å². The Morgan fingerprint density at radius 2 is 1.92 bits per heavy atom. The van der Waals surface area contributed by atoms with E-state index < -0.39 is 0 Å². The molecule has 0 amide bonds. The average molecular weight is 534 g/mol. The van der Waals surface area contributed by atoms with Gasteiger partial charge in [0.15, 0.2) is 17.5 Å². The second-order valence-electron chi connectivity index (χ2n) is 5.44. The molecule has 1 aliphatic rings. The van der Waals surface area contributed by atoms with Crippen LogP contribution in [0, 0.1) is 0 Å². The van der Waals surface area contributed by atoms with Gasteiger partial charge in [-0.25, -0.2) is 0 Å². The van der Waals surface area contributed by atoms with Gasteiger partial charge in [0.1, 0.15) is 5.75 Å². The summed E-state index contributed by atoms with van der Waals surface area (Å²) in [6, 6.07) is 11.9. The predicted octanol–water partition coefficient (Wildman–Crippen LogP) is 3.67. The fourth-order valence-corrected chi connectivity index (χ4v) is 3.10. The minimum absolute atomic E-state index is 0. The Morgan fingerprint density at radius 3 is 2.65 bits per heavy atom. The quantitative estimate of drug-likeness (QED) is 0.349. The zero-order valence-corrected chi connectivity index (χ0v) is 18.5. The van der Waals surface area contributed by atoms with Gasteiger partial charge in [-0.15, -0.1) is 24.0 Å². The molecule has 2 aromatic rings.